The number of hydrogen-bond donors (Lipinski definition) is 0. The molecule has 0 radical (unpaired) electrons. The van der Waals surface area contributed by atoms with Crippen LogP contribution in [0.25, 0.3) is 0 Å². The van der Waals surface area contributed by atoms with Gasteiger partial charge in [-0.15, -0.1) is 0 Å². The predicted octanol–water partition coefficient (Wildman–Crippen LogP) is 4.71. The van der Waals surface area contributed by atoms with E-state index in [1.165, 1.54) is 5.56 Å². The van der Waals surface area contributed by atoms with Crippen LogP contribution in [0, 0.1) is 0 Å². The Morgan fingerprint density at radius 2 is 1.50 bits per heavy atom. The van der Waals surface area contributed by atoms with E-state index < -0.39 is 8.24 Å². The monoisotopic (exact) mass is 338 g/mol. The predicted molar refractivity (Wildman–Crippen MR) is 104 cm³/mol. The van der Waals surface area contributed by atoms with Crippen LogP contribution >= 0.6 is 0 Å². The molecular formula is C20H26N2OSi. The van der Waals surface area contributed by atoms with Gasteiger partial charge in [0.15, 0.2) is 8.24 Å². The summed E-state index contributed by atoms with van der Waals surface area (Å²) in [4.78, 5) is 11.7. The highest BCUT2D eigenvalue weighted by Crippen LogP contribution is 2.17. The molecule has 0 amide bonds. The minimum atomic E-state index is -1.68. The fraction of sp³-hybridized carbons (Fsp3) is 0.300. The maximum absolute atomic E-state index is 11.7. The summed E-state index contributed by atoms with van der Waals surface area (Å²) in [5.41, 5.74) is 3.10. The molecule has 0 unspecified atom stereocenters. The number of rotatable bonds is 7. The Morgan fingerprint density at radius 1 is 0.958 bits per heavy atom. The highest BCUT2D eigenvalue weighted by atomic mass is 28.3. The van der Waals surface area contributed by atoms with Crippen molar-refractivity contribution < 1.29 is 4.79 Å². The van der Waals surface area contributed by atoms with Crippen LogP contribution in [-0.4, -0.2) is 24.4 Å². The largest absolute Gasteiger partial charge is 0.320 e. The molecule has 0 atom stereocenters. The third-order valence-electron chi connectivity index (χ3n) is 3.71. The molecule has 2 rings (SSSR count). The average molecular weight is 339 g/mol. The zero-order valence-electron chi connectivity index (χ0n) is 15.0. The van der Waals surface area contributed by atoms with E-state index in [1.54, 1.807) is 6.92 Å². The van der Waals surface area contributed by atoms with Gasteiger partial charge in [0.25, 0.3) is 0 Å². The molecular weight excluding hydrogens is 312 g/mol. The SMILES string of the molecule is CC(=O)C/C(=N\N(Cc1ccccc1)[Si](C)(C)C)c1ccccc1. The molecule has 0 heterocycles. The average Bonchev–Trinajstić information content (AvgIpc) is 2.54. The first-order valence-electron chi connectivity index (χ1n) is 8.30. The van der Waals surface area contributed by atoms with Gasteiger partial charge in [-0.3, -0.25) is 4.79 Å². The first-order valence-corrected chi connectivity index (χ1v) is 11.7. The molecule has 3 nitrogen and oxygen atoms in total. The van der Waals surface area contributed by atoms with Gasteiger partial charge in [0.05, 0.1) is 18.7 Å². The lowest BCUT2D eigenvalue weighted by Crippen LogP contribution is -2.42. The summed E-state index contributed by atoms with van der Waals surface area (Å²) in [6.07, 6.45) is 0.361. The van der Waals surface area contributed by atoms with E-state index in [9.17, 15) is 4.79 Å². The van der Waals surface area contributed by atoms with Crippen molar-refractivity contribution in [3.63, 3.8) is 0 Å². The fourth-order valence-corrected chi connectivity index (χ4v) is 3.46. The maximum Gasteiger partial charge on any atom is 0.169 e. The van der Waals surface area contributed by atoms with Crippen LogP contribution in [0.5, 0.6) is 0 Å². The van der Waals surface area contributed by atoms with Crippen molar-refractivity contribution in [1.82, 2.24) is 4.67 Å². The molecule has 0 aliphatic carbocycles. The molecule has 4 heteroatoms. The number of hydrogen-bond acceptors (Lipinski definition) is 3. The number of nitrogens with zero attached hydrogens (tertiary/aromatic N) is 2. The van der Waals surface area contributed by atoms with E-state index in [0.717, 1.165) is 17.8 Å². The number of benzene rings is 2. The van der Waals surface area contributed by atoms with Crippen molar-refractivity contribution in [1.29, 1.82) is 0 Å². The van der Waals surface area contributed by atoms with Crippen molar-refractivity contribution >= 4 is 19.7 Å². The summed E-state index contributed by atoms with van der Waals surface area (Å²) in [5, 5.41) is 4.94. The van der Waals surface area contributed by atoms with Gasteiger partial charge >= 0.3 is 0 Å². The van der Waals surface area contributed by atoms with Gasteiger partial charge in [-0.2, -0.15) is 5.10 Å². The second-order valence-corrected chi connectivity index (χ2v) is 11.9. The number of ketones is 1. The Morgan fingerprint density at radius 3 is 2.00 bits per heavy atom. The van der Waals surface area contributed by atoms with Crippen molar-refractivity contribution in [2.45, 2.75) is 39.5 Å². The molecule has 0 fully saturated rings. The first-order chi connectivity index (χ1) is 11.4. The molecule has 2 aromatic carbocycles. The standard InChI is InChI=1S/C20H26N2OSi/c1-17(23)15-20(19-13-9-6-10-14-19)21-22(24(2,3)4)16-18-11-7-5-8-12-18/h5-14H,15-16H2,1-4H3/b21-20+. The molecule has 0 saturated carbocycles. The van der Waals surface area contributed by atoms with Gasteiger partial charge in [-0.1, -0.05) is 80.3 Å². The number of carbonyl (C=O) groups excluding carboxylic acids is 1. The van der Waals surface area contributed by atoms with Crippen LogP contribution in [0.1, 0.15) is 24.5 Å². The summed E-state index contributed by atoms with van der Waals surface area (Å²) >= 11 is 0. The third-order valence-corrected chi connectivity index (χ3v) is 5.52. The number of carbonyl (C=O) groups is 1. The second kappa shape index (κ2) is 8.06. The topological polar surface area (TPSA) is 32.7 Å². The lowest BCUT2D eigenvalue weighted by Gasteiger charge is -2.32. The highest BCUT2D eigenvalue weighted by Gasteiger charge is 2.24. The van der Waals surface area contributed by atoms with Gasteiger partial charge in [0, 0.05) is 0 Å². The summed E-state index contributed by atoms with van der Waals surface area (Å²) < 4.78 is 2.20. The van der Waals surface area contributed by atoms with Crippen molar-refractivity contribution in [2.24, 2.45) is 5.10 Å². The van der Waals surface area contributed by atoms with Gasteiger partial charge < -0.3 is 4.67 Å². The van der Waals surface area contributed by atoms with Crippen LogP contribution < -0.4 is 0 Å². The molecule has 0 saturated heterocycles. The van der Waals surface area contributed by atoms with Crippen molar-refractivity contribution in [2.75, 3.05) is 0 Å². The summed E-state index contributed by atoms with van der Waals surface area (Å²) in [7, 11) is -1.68. The van der Waals surface area contributed by atoms with Gasteiger partial charge in [-0.05, 0) is 18.1 Å². The van der Waals surface area contributed by atoms with E-state index in [1.807, 2.05) is 36.4 Å². The number of Topliss-reactive ketones (excluding diaryl/α,β-unsaturated/α-hetero) is 1. The summed E-state index contributed by atoms with van der Waals surface area (Å²) in [6, 6.07) is 20.4. The quantitative estimate of drug-likeness (QED) is 0.416. The maximum atomic E-state index is 11.7. The third kappa shape index (κ3) is 5.46. The van der Waals surface area contributed by atoms with E-state index in [-0.39, 0.29) is 5.78 Å². The molecule has 126 valence electrons. The van der Waals surface area contributed by atoms with Gasteiger partial charge in [0.2, 0.25) is 0 Å². The van der Waals surface area contributed by atoms with Crippen molar-refractivity contribution in [3.8, 4) is 0 Å². The summed E-state index contributed by atoms with van der Waals surface area (Å²) in [6.45, 7) is 9.21. The van der Waals surface area contributed by atoms with E-state index >= 15 is 0 Å². The molecule has 0 N–H and O–H groups in total. The van der Waals surface area contributed by atoms with Gasteiger partial charge in [-0.25, -0.2) is 0 Å². The Balaban J connectivity index is 2.38. The van der Waals surface area contributed by atoms with E-state index in [4.69, 9.17) is 5.10 Å². The fourth-order valence-electron chi connectivity index (χ4n) is 2.39. The highest BCUT2D eigenvalue weighted by molar-refractivity contribution is 6.73. The second-order valence-electron chi connectivity index (χ2n) is 7.01. The Bertz CT molecular complexity index is 691. The van der Waals surface area contributed by atoms with E-state index in [0.29, 0.717) is 6.42 Å². The zero-order chi connectivity index (χ0) is 17.6. The minimum absolute atomic E-state index is 0.132. The van der Waals surface area contributed by atoms with Crippen LogP contribution in [-0.2, 0) is 11.3 Å². The number of hydrazone groups is 1. The molecule has 24 heavy (non-hydrogen) atoms. The minimum Gasteiger partial charge on any atom is -0.320 e. The molecule has 0 bridgehead atoms. The molecule has 2 aromatic rings. The smallest absolute Gasteiger partial charge is 0.169 e. The van der Waals surface area contributed by atoms with Gasteiger partial charge in [0.1, 0.15) is 5.78 Å². The molecule has 0 aliphatic rings. The Labute approximate surface area is 146 Å². The van der Waals surface area contributed by atoms with E-state index in [2.05, 4.69) is 48.6 Å². The Hall–Kier alpha value is -2.20. The normalized spacial score (nSPS) is 12.1. The van der Waals surface area contributed by atoms with Crippen LogP contribution in [0.3, 0.4) is 0 Å². The zero-order valence-corrected chi connectivity index (χ0v) is 16.0. The molecule has 0 aliphatic heterocycles. The molecule has 0 aromatic heterocycles. The van der Waals surface area contributed by atoms with Crippen LogP contribution in [0.15, 0.2) is 65.8 Å². The lowest BCUT2D eigenvalue weighted by molar-refractivity contribution is -0.115. The lowest BCUT2D eigenvalue weighted by atomic mass is 10.1. The van der Waals surface area contributed by atoms with Crippen LogP contribution in [0.4, 0.5) is 0 Å². The first kappa shape index (κ1) is 18.1. The van der Waals surface area contributed by atoms with Crippen LogP contribution in [0.2, 0.25) is 19.6 Å². The molecule has 0 spiro atoms. The summed E-state index contributed by atoms with van der Waals surface area (Å²) in [5.74, 6) is 0.132. The van der Waals surface area contributed by atoms with Crippen molar-refractivity contribution in [3.05, 3.63) is 71.8 Å². The Kier molecular flexibility index (Phi) is 6.09.